The fourth-order valence-corrected chi connectivity index (χ4v) is 6.71. The van der Waals surface area contributed by atoms with Crippen LogP contribution in [0.25, 0.3) is 61.4 Å². The monoisotopic (exact) mass is 896 g/mol. The minimum absolute atomic E-state index is 0. The van der Waals surface area contributed by atoms with Crippen molar-refractivity contribution in [2.75, 3.05) is 0 Å². The van der Waals surface area contributed by atoms with Crippen LogP contribution in [0, 0.1) is 31.7 Å². The van der Waals surface area contributed by atoms with Crippen LogP contribution in [0.2, 0.25) is 0 Å². The number of pyridine rings is 2. The van der Waals surface area contributed by atoms with Crippen LogP contribution in [-0.4, -0.2) is 19.5 Å². The minimum Gasteiger partial charge on any atom is -0.501 e. The van der Waals surface area contributed by atoms with Gasteiger partial charge in [-0.05, 0) is 64.8 Å². The molecule has 0 unspecified atom stereocenters. The maximum absolute atomic E-state index is 14.1. The van der Waals surface area contributed by atoms with E-state index in [9.17, 15) is 4.39 Å². The number of rotatable bonds is 5. The zero-order valence-corrected chi connectivity index (χ0v) is 34.2. The Morgan fingerprint density at radius 3 is 2.22 bits per heavy atom. The van der Waals surface area contributed by atoms with Crippen LogP contribution in [0.1, 0.15) is 92.4 Å². The number of aromatic nitrogens is 4. The molecule has 0 aliphatic heterocycles. The molecule has 8 rings (SSSR count). The third-order valence-electron chi connectivity index (χ3n) is 9.55. The second-order valence-electron chi connectivity index (χ2n) is 15.1. The standard InChI is InChI=1S/C31H28N3O.C16H17FN.Ir/c1-18(2)21-11-8-12-22(19(3)4)28(21)34-30(33-26-17-16-20(5)32-31(26)34)25-14-9-13-24-23-10-6-7-15-27(23)35-29(24)25;1-11-5-7-13(14(17)9-11)15-8-6-12(10-18-15)16(2,3)4;/h6-13,15-19H,1-5H3;5-6,8-10H,1-4H3;/q2*-1;/i;1D3;. The number of aryl methyl sites for hydroxylation is 2. The first kappa shape index (κ1) is 34.8. The van der Waals surface area contributed by atoms with E-state index in [1.54, 1.807) is 12.3 Å². The van der Waals surface area contributed by atoms with Crippen molar-refractivity contribution in [3.63, 3.8) is 0 Å². The molecule has 0 aliphatic rings. The van der Waals surface area contributed by atoms with Crippen LogP contribution < -0.4 is 0 Å². The molecular weight excluding hydrogens is 848 g/mol. The zero-order chi connectivity index (χ0) is 40.1. The van der Waals surface area contributed by atoms with E-state index in [2.05, 4.69) is 107 Å². The van der Waals surface area contributed by atoms with E-state index >= 15 is 0 Å². The molecule has 4 aromatic carbocycles. The van der Waals surface area contributed by atoms with Gasteiger partial charge in [0.15, 0.2) is 5.65 Å². The molecule has 0 saturated heterocycles. The molecule has 8 aromatic rings. The number of furan rings is 1. The van der Waals surface area contributed by atoms with E-state index in [0.717, 1.165) is 67.5 Å². The SMILES string of the molecule is Cc1ccc2nc(-c3[c-]ccc4c3oc3ccccc34)n(-c3c(C(C)C)cccc3C(C)C)c2n1.[2H]C([2H])([2H])c1c[c-]c(-c2ccc(C(C)(C)C)cn2)c(F)c1.[Ir]. The summed E-state index contributed by atoms with van der Waals surface area (Å²) in [4.78, 5) is 14.4. The van der Waals surface area contributed by atoms with E-state index in [-0.39, 0.29) is 36.6 Å². The topological polar surface area (TPSA) is 56.7 Å². The summed E-state index contributed by atoms with van der Waals surface area (Å²) in [6.07, 6.45) is 1.71. The molecule has 0 saturated carbocycles. The van der Waals surface area contributed by atoms with Crippen LogP contribution in [0.5, 0.6) is 0 Å². The fraction of sp³-hybridized carbons (Fsp3) is 0.255. The zero-order valence-electron chi connectivity index (χ0n) is 34.8. The van der Waals surface area contributed by atoms with Crippen molar-refractivity contribution in [3.8, 4) is 28.3 Å². The van der Waals surface area contributed by atoms with Crippen molar-refractivity contribution in [1.29, 1.82) is 0 Å². The van der Waals surface area contributed by atoms with Gasteiger partial charge in [0.2, 0.25) is 0 Å². The summed E-state index contributed by atoms with van der Waals surface area (Å²) >= 11 is 0. The number of imidazole rings is 1. The third-order valence-corrected chi connectivity index (χ3v) is 9.55. The first-order chi connectivity index (χ1) is 26.5. The van der Waals surface area contributed by atoms with Gasteiger partial charge in [0.25, 0.3) is 0 Å². The van der Waals surface area contributed by atoms with E-state index in [4.69, 9.17) is 18.5 Å². The van der Waals surface area contributed by atoms with Crippen LogP contribution >= 0.6 is 0 Å². The number of fused-ring (bicyclic) bond motifs is 4. The molecule has 4 aromatic heterocycles. The first-order valence-corrected chi connectivity index (χ1v) is 18.0. The average molecular weight is 896 g/mol. The van der Waals surface area contributed by atoms with E-state index in [1.165, 1.54) is 17.2 Å². The van der Waals surface area contributed by atoms with Gasteiger partial charge in [0.1, 0.15) is 5.58 Å². The maximum Gasteiger partial charge on any atom is 0.155 e. The Labute approximate surface area is 335 Å². The van der Waals surface area contributed by atoms with E-state index in [1.807, 2.05) is 43.3 Å². The van der Waals surface area contributed by atoms with Crippen LogP contribution in [-0.2, 0) is 25.5 Å². The van der Waals surface area contributed by atoms with Crippen LogP contribution in [0.15, 0.2) is 102 Å². The molecular formula is C47H45FIrN4O-2. The van der Waals surface area contributed by atoms with Gasteiger partial charge in [-0.2, -0.15) is 0 Å². The second-order valence-corrected chi connectivity index (χ2v) is 15.1. The largest absolute Gasteiger partial charge is 0.501 e. The summed E-state index contributed by atoms with van der Waals surface area (Å²) in [5, 5.41) is 2.16. The van der Waals surface area contributed by atoms with Crippen molar-refractivity contribution in [2.24, 2.45) is 0 Å². The second kappa shape index (κ2) is 15.4. The number of halogens is 1. The Morgan fingerprint density at radius 2 is 1.57 bits per heavy atom. The van der Waals surface area contributed by atoms with Gasteiger partial charge >= 0.3 is 0 Å². The number of nitrogens with zero attached hydrogens (tertiary/aromatic N) is 4. The maximum atomic E-state index is 14.1. The van der Waals surface area contributed by atoms with Crippen molar-refractivity contribution in [1.82, 2.24) is 19.5 Å². The molecule has 0 N–H and O–H groups in total. The molecule has 54 heavy (non-hydrogen) atoms. The van der Waals surface area contributed by atoms with Crippen molar-refractivity contribution < 1.29 is 33.0 Å². The number of benzene rings is 4. The average Bonchev–Trinajstić information content (AvgIpc) is 3.72. The van der Waals surface area contributed by atoms with Crippen LogP contribution in [0.3, 0.4) is 0 Å². The predicted molar refractivity (Wildman–Crippen MR) is 215 cm³/mol. The first-order valence-electron chi connectivity index (χ1n) is 19.5. The summed E-state index contributed by atoms with van der Waals surface area (Å²) in [5.74, 6) is 0.854. The Hall–Kier alpha value is -4.97. The summed E-state index contributed by atoms with van der Waals surface area (Å²) < 4.78 is 44.5. The Balaban J connectivity index is 0.000000215. The Bertz CT molecular complexity index is 2680. The molecule has 1 radical (unpaired) electrons. The van der Waals surface area contributed by atoms with E-state index < -0.39 is 12.7 Å². The van der Waals surface area contributed by atoms with Gasteiger partial charge < -0.3 is 14.0 Å². The van der Waals surface area contributed by atoms with Crippen molar-refractivity contribution in [3.05, 3.63) is 143 Å². The molecule has 4 heterocycles. The summed E-state index contributed by atoms with van der Waals surface area (Å²) in [6, 6.07) is 35.0. The molecule has 0 aliphatic carbocycles. The van der Waals surface area contributed by atoms with Gasteiger partial charge in [0.05, 0.1) is 16.9 Å². The van der Waals surface area contributed by atoms with Crippen molar-refractivity contribution in [2.45, 2.75) is 79.5 Å². The molecule has 0 amide bonds. The normalized spacial score (nSPS) is 12.8. The number of hydrogen-bond acceptors (Lipinski definition) is 4. The number of hydrogen-bond donors (Lipinski definition) is 0. The number of para-hydroxylation sites is 2. The molecule has 0 fully saturated rings. The summed E-state index contributed by atoms with van der Waals surface area (Å²) in [5.41, 5.74) is 10.5. The summed E-state index contributed by atoms with van der Waals surface area (Å²) in [7, 11) is 0. The van der Waals surface area contributed by atoms with E-state index in [0.29, 0.717) is 17.5 Å². The van der Waals surface area contributed by atoms with Crippen LogP contribution in [0.4, 0.5) is 4.39 Å². The van der Waals surface area contributed by atoms with Crippen molar-refractivity contribution >= 4 is 33.1 Å². The third kappa shape index (κ3) is 7.40. The molecule has 0 spiro atoms. The predicted octanol–water partition coefficient (Wildman–Crippen LogP) is 12.6. The van der Waals surface area contributed by atoms with Gasteiger partial charge in [0, 0.05) is 53.0 Å². The van der Waals surface area contributed by atoms with Gasteiger partial charge in [-0.25, -0.2) is 4.98 Å². The fourth-order valence-electron chi connectivity index (χ4n) is 6.71. The molecule has 0 atom stereocenters. The minimum atomic E-state index is -2.33. The molecule has 277 valence electrons. The Kier molecular flexibility index (Phi) is 9.92. The Morgan fingerprint density at radius 1 is 0.833 bits per heavy atom. The molecule has 7 heteroatoms. The summed E-state index contributed by atoms with van der Waals surface area (Å²) in [6.45, 7) is 14.9. The van der Waals surface area contributed by atoms with Gasteiger partial charge in [-0.1, -0.05) is 120 Å². The smallest absolute Gasteiger partial charge is 0.155 e. The molecule has 0 bridgehead atoms. The molecule has 5 nitrogen and oxygen atoms in total. The van der Waals surface area contributed by atoms with Gasteiger partial charge in [-0.3, -0.25) is 9.37 Å². The van der Waals surface area contributed by atoms with Gasteiger partial charge in [-0.15, -0.1) is 42.0 Å². The quantitative estimate of drug-likeness (QED) is 0.162.